The highest BCUT2D eigenvalue weighted by molar-refractivity contribution is 7.93. The van der Waals surface area contributed by atoms with Crippen LogP contribution < -0.4 is 4.90 Å². The van der Waals surface area contributed by atoms with E-state index in [4.69, 9.17) is 0 Å². The first-order valence-electron chi connectivity index (χ1n) is 12.4. The van der Waals surface area contributed by atoms with Crippen LogP contribution in [0.15, 0.2) is 105 Å². The molecule has 204 valence electrons. The number of amides is 1. The van der Waals surface area contributed by atoms with Crippen LogP contribution in [0, 0.1) is 10.1 Å². The van der Waals surface area contributed by atoms with Crippen molar-refractivity contribution in [2.45, 2.75) is 41.3 Å². The van der Waals surface area contributed by atoms with E-state index in [1.165, 1.54) is 4.90 Å². The summed E-state index contributed by atoms with van der Waals surface area (Å²) in [5, 5.41) is 22.1. The second-order valence-electron chi connectivity index (χ2n) is 9.65. The molecule has 11 heteroatoms. The highest BCUT2D eigenvalue weighted by Gasteiger charge is 2.43. The van der Waals surface area contributed by atoms with Gasteiger partial charge < -0.3 is 5.11 Å². The smallest absolute Gasteiger partial charge is 0.295 e. The van der Waals surface area contributed by atoms with Crippen molar-refractivity contribution in [1.82, 2.24) is 4.98 Å². The van der Waals surface area contributed by atoms with Crippen LogP contribution in [0.5, 0.6) is 0 Å². The molecule has 5 rings (SSSR count). The third-order valence-electron chi connectivity index (χ3n) is 6.77. The average Bonchev–Trinajstić information content (AvgIpc) is 3.53. The van der Waals surface area contributed by atoms with Gasteiger partial charge in [0, 0.05) is 17.7 Å². The van der Waals surface area contributed by atoms with E-state index in [0.717, 1.165) is 58.5 Å². The number of thiazole rings is 1. The summed E-state index contributed by atoms with van der Waals surface area (Å²) < 4.78 is 26.4. The summed E-state index contributed by atoms with van der Waals surface area (Å²) in [4.78, 5) is 29.3. The van der Waals surface area contributed by atoms with E-state index in [2.05, 4.69) is 18.8 Å². The zero-order valence-corrected chi connectivity index (χ0v) is 23.2. The Morgan fingerprint density at radius 2 is 1.68 bits per heavy atom. The molecular formula is C29H25N3O6S2. The maximum atomic E-state index is 13.5. The maximum absolute atomic E-state index is 13.5. The normalized spacial score (nSPS) is 15.7. The number of aliphatic hydroxyl groups excluding tert-OH is 1. The lowest BCUT2D eigenvalue weighted by atomic mass is 9.92. The molecule has 0 fully saturated rings. The standard InChI is InChI=1S/C29H25N3O6S2/c1-18(2)20-8-10-21(11-9-20)26-24(16-19-6-4-3-5-7-19)27(33)28(34)31(26)29-30-17-25(39-29)40(37,38)23-14-12-22(13-15-23)32(35)36/h3-15,17-18,26,33H,16H2,1-2H3. The number of hydrogen-bond acceptors (Lipinski definition) is 8. The molecule has 1 amide bonds. The van der Waals surface area contributed by atoms with Crippen molar-refractivity contribution >= 4 is 37.9 Å². The molecule has 4 aromatic rings. The lowest BCUT2D eigenvalue weighted by Crippen LogP contribution is -2.30. The minimum absolute atomic E-state index is 0.109. The molecule has 2 heterocycles. The number of aliphatic hydroxyl groups is 1. The van der Waals surface area contributed by atoms with Gasteiger partial charge in [-0.15, -0.1) is 0 Å². The zero-order chi connectivity index (χ0) is 28.6. The average molecular weight is 576 g/mol. The SMILES string of the molecule is CC(C)c1ccc(C2C(Cc3ccccc3)=C(O)C(=O)N2c2ncc(S(=O)(=O)c3ccc([N+](=O)[O-])cc3)s2)cc1. The van der Waals surface area contributed by atoms with Gasteiger partial charge in [-0.3, -0.25) is 19.8 Å². The number of anilines is 1. The summed E-state index contributed by atoms with van der Waals surface area (Å²) in [6, 6.07) is 21.1. The topological polar surface area (TPSA) is 131 Å². The summed E-state index contributed by atoms with van der Waals surface area (Å²) in [7, 11) is -4.06. The van der Waals surface area contributed by atoms with Crippen molar-refractivity contribution in [2.75, 3.05) is 4.90 Å². The molecule has 0 spiro atoms. The van der Waals surface area contributed by atoms with Gasteiger partial charge in [-0.05, 0) is 41.2 Å². The van der Waals surface area contributed by atoms with Crippen molar-refractivity contribution in [1.29, 1.82) is 0 Å². The van der Waals surface area contributed by atoms with Gasteiger partial charge in [-0.25, -0.2) is 13.4 Å². The van der Waals surface area contributed by atoms with Crippen LogP contribution in [0.25, 0.3) is 0 Å². The van der Waals surface area contributed by atoms with Gasteiger partial charge in [0.15, 0.2) is 10.9 Å². The number of benzene rings is 3. The van der Waals surface area contributed by atoms with Crippen molar-refractivity contribution in [3.8, 4) is 0 Å². The van der Waals surface area contributed by atoms with E-state index in [1.54, 1.807) is 0 Å². The van der Waals surface area contributed by atoms with Crippen LogP contribution in [-0.4, -0.2) is 29.3 Å². The first-order chi connectivity index (χ1) is 19.1. The molecule has 0 saturated heterocycles. The van der Waals surface area contributed by atoms with Gasteiger partial charge in [0.05, 0.1) is 22.1 Å². The number of nitro benzene ring substituents is 1. The molecule has 1 aliphatic heterocycles. The number of nitro groups is 1. The van der Waals surface area contributed by atoms with Crippen LogP contribution >= 0.6 is 11.3 Å². The Hall–Kier alpha value is -4.35. The number of nitrogens with zero attached hydrogens (tertiary/aromatic N) is 3. The number of rotatable bonds is 8. The molecule has 0 bridgehead atoms. The fourth-order valence-corrected chi connectivity index (χ4v) is 7.16. The quantitative estimate of drug-likeness (QED) is 0.197. The molecule has 0 radical (unpaired) electrons. The van der Waals surface area contributed by atoms with Gasteiger partial charge >= 0.3 is 0 Å². The monoisotopic (exact) mass is 575 g/mol. The number of aromatic nitrogens is 1. The highest BCUT2D eigenvalue weighted by atomic mass is 32.2. The number of carbonyl (C=O) groups is 1. The Labute approximate surface area is 235 Å². The number of hydrogen-bond donors (Lipinski definition) is 1. The first kappa shape index (κ1) is 27.2. The fourth-order valence-electron chi connectivity index (χ4n) is 4.61. The molecule has 1 N–H and O–H groups in total. The van der Waals surface area contributed by atoms with Crippen LogP contribution in [0.1, 0.15) is 42.5 Å². The van der Waals surface area contributed by atoms with Crippen molar-refractivity contribution in [2.24, 2.45) is 0 Å². The molecule has 1 atom stereocenters. The summed E-state index contributed by atoms with van der Waals surface area (Å²) in [6.45, 7) is 4.16. The Kier molecular flexibility index (Phi) is 7.26. The minimum atomic E-state index is -4.06. The van der Waals surface area contributed by atoms with E-state index in [-0.39, 0.29) is 19.9 Å². The summed E-state index contributed by atoms with van der Waals surface area (Å²) >= 11 is 0.797. The predicted molar refractivity (Wildman–Crippen MR) is 151 cm³/mol. The molecular weight excluding hydrogens is 550 g/mol. The van der Waals surface area contributed by atoms with Crippen LogP contribution in [0.4, 0.5) is 10.8 Å². The molecule has 40 heavy (non-hydrogen) atoms. The molecule has 1 aromatic heterocycles. The van der Waals surface area contributed by atoms with Crippen molar-refractivity contribution < 1.29 is 23.2 Å². The van der Waals surface area contributed by atoms with Crippen LogP contribution in [0.3, 0.4) is 0 Å². The van der Waals surface area contributed by atoms with Gasteiger partial charge in [0.25, 0.3) is 11.6 Å². The third kappa shape index (κ3) is 5.01. The van der Waals surface area contributed by atoms with E-state index < -0.39 is 32.5 Å². The Morgan fingerprint density at radius 3 is 2.27 bits per heavy atom. The van der Waals surface area contributed by atoms with E-state index in [0.29, 0.717) is 17.9 Å². The van der Waals surface area contributed by atoms with Crippen molar-refractivity contribution in [3.05, 3.63) is 123 Å². The van der Waals surface area contributed by atoms with Gasteiger partial charge in [0.1, 0.15) is 4.21 Å². The van der Waals surface area contributed by atoms with E-state index in [1.807, 2.05) is 54.6 Å². The lowest BCUT2D eigenvalue weighted by molar-refractivity contribution is -0.384. The zero-order valence-electron chi connectivity index (χ0n) is 21.6. The second-order valence-corrected chi connectivity index (χ2v) is 12.8. The number of sulfone groups is 1. The fraction of sp³-hybridized carbons (Fsp3) is 0.172. The summed E-state index contributed by atoms with van der Waals surface area (Å²) in [5.74, 6) is -0.761. The first-order valence-corrected chi connectivity index (χ1v) is 14.7. The Bertz CT molecular complexity index is 1710. The summed E-state index contributed by atoms with van der Waals surface area (Å²) in [5.41, 5.74) is 3.03. The van der Waals surface area contributed by atoms with Crippen LogP contribution in [-0.2, 0) is 21.1 Å². The molecule has 9 nitrogen and oxygen atoms in total. The van der Waals surface area contributed by atoms with Gasteiger partial charge in [-0.1, -0.05) is 79.8 Å². The van der Waals surface area contributed by atoms with Crippen LogP contribution in [0.2, 0.25) is 0 Å². The predicted octanol–water partition coefficient (Wildman–Crippen LogP) is 6.15. The Morgan fingerprint density at radius 1 is 1.02 bits per heavy atom. The second kappa shape index (κ2) is 10.7. The lowest BCUT2D eigenvalue weighted by Gasteiger charge is -2.25. The van der Waals surface area contributed by atoms with Crippen molar-refractivity contribution in [3.63, 3.8) is 0 Å². The molecule has 3 aromatic carbocycles. The van der Waals surface area contributed by atoms with E-state index >= 15 is 0 Å². The number of carbonyl (C=O) groups excluding carboxylic acids is 1. The highest BCUT2D eigenvalue weighted by Crippen LogP contribution is 2.44. The van der Waals surface area contributed by atoms with Gasteiger partial charge in [0.2, 0.25) is 9.84 Å². The third-order valence-corrected chi connectivity index (χ3v) is 10.00. The summed E-state index contributed by atoms with van der Waals surface area (Å²) in [6.07, 6.45) is 1.47. The number of non-ortho nitro benzene ring substituents is 1. The molecule has 0 saturated carbocycles. The minimum Gasteiger partial charge on any atom is -0.503 e. The molecule has 1 aliphatic rings. The maximum Gasteiger partial charge on any atom is 0.295 e. The van der Waals surface area contributed by atoms with E-state index in [9.17, 15) is 28.4 Å². The Balaban J connectivity index is 1.55. The largest absolute Gasteiger partial charge is 0.503 e. The molecule has 0 aliphatic carbocycles. The molecule has 1 unspecified atom stereocenters. The van der Waals surface area contributed by atoms with Gasteiger partial charge in [-0.2, -0.15) is 0 Å².